The van der Waals surface area contributed by atoms with Crippen LogP contribution < -0.4 is 29.8 Å². The molecule has 3 rings (SSSR count). The Morgan fingerprint density at radius 1 is 0.711 bits per heavy atom. The maximum absolute atomic E-state index is 13.4. The molecule has 0 spiro atoms. The van der Waals surface area contributed by atoms with Gasteiger partial charge in [-0.1, -0.05) is 12.1 Å². The van der Waals surface area contributed by atoms with Crippen LogP contribution in [0.25, 0.3) is 0 Å². The summed E-state index contributed by atoms with van der Waals surface area (Å²) in [7, 11) is 2.70. The van der Waals surface area contributed by atoms with Gasteiger partial charge in [0.15, 0.2) is 36.3 Å². The highest BCUT2D eigenvalue weighted by molar-refractivity contribution is 5.84. The smallest absolute Gasteiger partial charge is 0.277 e. The fourth-order valence-corrected chi connectivity index (χ4v) is 2.87. The van der Waals surface area contributed by atoms with Gasteiger partial charge in [-0.15, -0.1) is 0 Å². The number of halogens is 2. The Balaban J connectivity index is 1.37. The average molecular weight is 526 g/mol. The molecule has 0 fully saturated rings. The van der Waals surface area contributed by atoms with Crippen LogP contribution in [0, 0.1) is 11.6 Å². The molecule has 0 aromatic heterocycles. The van der Waals surface area contributed by atoms with Crippen molar-refractivity contribution in [3.63, 3.8) is 0 Å². The Kier molecular flexibility index (Phi) is 10.1. The standard InChI is InChI=1S/C26H24F2N4O6/c1-35-23-11-17(3-9-21(23)27)13-29-31-25(33)15-37-19-5-7-20(8-6-19)38-16-26(34)32-30-14-18-4-10-22(28)24(12-18)36-2/h3-14H,15-16H2,1-2H3,(H,31,33)(H,32,34)/b29-13+,30-14+. The van der Waals surface area contributed by atoms with E-state index in [1.165, 1.54) is 63.0 Å². The zero-order valence-corrected chi connectivity index (χ0v) is 20.4. The SMILES string of the molecule is COc1cc(/C=N/NC(=O)COc2ccc(OCC(=O)N/N=C/c3ccc(F)c(OC)c3)cc2)ccc1F. The third-order valence-electron chi connectivity index (χ3n) is 4.72. The van der Waals surface area contributed by atoms with E-state index in [9.17, 15) is 18.4 Å². The molecule has 2 N–H and O–H groups in total. The third kappa shape index (κ3) is 8.59. The minimum Gasteiger partial charge on any atom is -0.494 e. The lowest BCUT2D eigenvalue weighted by atomic mass is 10.2. The molecule has 3 aromatic rings. The largest absolute Gasteiger partial charge is 0.494 e. The Morgan fingerprint density at radius 3 is 1.47 bits per heavy atom. The van der Waals surface area contributed by atoms with E-state index < -0.39 is 23.4 Å². The number of hydrazone groups is 2. The second-order valence-corrected chi connectivity index (χ2v) is 7.42. The van der Waals surface area contributed by atoms with E-state index >= 15 is 0 Å². The molecule has 38 heavy (non-hydrogen) atoms. The minimum atomic E-state index is -0.507. The summed E-state index contributed by atoms with van der Waals surface area (Å²) in [5.74, 6) is -1.11. The lowest BCUT2D eigenvalue weighted by molar-refractivity contribution is -0.123. The molecule has 0 atom stereocenters. The van der Waals surface area contributed by atoms with Crippen molar-refractivity contribution in [2.24, 2.45) is 10.2 Å². The third-order valence-corrected chi connectivity index (χ3v) is 4.72. The number of nitrogens with zero attached hydrogens (tertiary/aromatic N) is 2. The van der Waals surface area contributed by atoms with Crippen LogP contribution in [-0.2, 0) is 9.59 Å². The molecule has 0 radical (unpaired) electrons. The predicted molar refractivity (Wildman–Crippen MR) is 135 cm³/mol. The summed E-state index contributed by atoms with van der Waals surface area (Å²) in [6, 6.07) is 14.6. The molecule has 2 amide bonds. The van der Waals surface area contributed by atoms with E-state index in [0.29, 0.717) is 22.6 Å². The van der Waals surface area contributed by atoms with Crippen molar-refractivity contribution in [1.29, 1.82) is 0 Å². The highest BCUT2D eigenvalue weighted by Gasteiger charge is 2.06. The molecular weight excluding hydrogens is 502 g/mol. The second kappa shape index (κ2) is 13.9. The van der Waals surface area contributed by atoms with E-state index in [-0.39, 0.29) is 24.7 Å². The minimum absolute atomic E-state index is 0.0633. The van der Waals surface area contributed by atoms with Gasteiger partial charge in [0.1, 0.15) is 11.5 Å². The molecule has 10 nitrogen and oxygen atoms in total. The quantitative estimate of drug-likeness (QED) is 0.277. The molecule has 0 bridgehead atoms. The molecule has 0 saturated carbocycles. The van der Waals surface area contributed by atoms with E-state index in [1.54, 1.807) is 24.3 Å². The number of benzene rings is 3. The van der Waals surface area contributed by atoms with E-state index in [2.05, 4.69) is 21.1 Å². The van der Waals surface area contributed by atoms with Crippen molar-refractivity contribution in [3.05, 3.63) is 83.4 Å². The van der Waals surface area contributed by atoms with Crippen molar-refractivity contribution in [2.45, 2.75) is 0 Å². The first kappa shape index (κ1) is 27.6. The lowest BCUT2D eigenvalue weighted by Crippen LogP contribution is -2.25. The van der Waals surface area contributed by atoms with Crippen molar-refractivity contribution in [3.8, 4) is 23.0 Å². The van der Waals surface area contributed by atoms with Gasteiger partial charge in [-0.25, -0.2) is 19.6 Å². The number of methoxy groups -OCH3 is 2. The van der Waals surface area contributed by atoms with Gasteiger partial charge < -0.3 is 18.9 Å². The van der Waals surface area contributed by atoms with Crippen LogP contribution in [0.4, 0.5) is 8.78 Å². The average Bonchev–Trinajstić information content (AvgIpc) is 2.93. The van der Waals surface area contributed by atoms with Crippen molar-refractivity contribution in [2.75, 3.05) is 27.4 Å². The molecular formula is C26H24F2N4O6. The van der Waals surface area contributed by atoms with Gasteiger partial charge in [0.2, 0.25) is 0 Å². The summed E-state index contributed by atoms with van der Waals surface area (Å²) in [6.45, 7) is -0.602. The van der Waals surface area contributed by atoms with Crippen LogP contribution >= 0.6 is 0 Å². The fraction of sp³-hybridized carbons (Fsp3) is 0.154. The number of hydrogen-bond acceptors (Lipinski definition) is 8. The zero-order valence-electron chi connectivity index (χ0n) is 20.4. The number of ether oxygens (including phenoxy) is 4. The van der Waals surface area contributed by atoms with Crippen LogP contribution in [0.15, 0.2) is 70.9 Å². The summed E-state index contributed by atoms with van der Waals surface area (Å²) in [5.41, 5.74) is 5.67. The molecule has 198 valence electrons. The normalized spacial score (nSPS) is 10.8. The Labute approximate surface area is 216 Å². The highest BCUT2D eigenvalue weighted by Crippen LogP contribution is 2.19. The van der Waals surface area contributed by atoms with Gasteiger partial charge in [0, 0.05) is 0 Å². The maximum Gasteiger partial charge on any atom is 0.277 e. The monoisotopic (exact) mass is 526 g/mol. The summed E-state index contributed by atoms with van der Waals surface area (Å²) in [6.07, 6.45) is 2.68. The molecule has 0 aliphatic carbocycles. The predicted octanol–water partition coefficient (Wildman–Crippen LogP) is 3.04. The summed E-state index contributed by atoms with van der Waals surface area (Å²) in [5, 5.41) is 7.58. The van der Waals surface area contributed by atoms with Crippen LogP contribution in [0.2, 0.25) is 0 Å². The fourth-order valence-electron chi connectivity index (χ4n) is 2.87. The number of carbonyl (C=O) groups is 2. The molecule has 12 heteroatoms. The highest BCUT2D eigenvalue weighted by atomic mass is 19.1. The molecule has 3 aromatic carbocycles. The molecule has 0 unspecified atom stereocenters. The van der Waals surface area contributed by atoms with E-state index in [0.717, 1.165) is 0 Å². The number of amides is 2. The Bertz CT molecular complexity index is 1220. The topological polar surface area (TPSA) is 120 Å². The van der Waals surface area contributed by atoms with Crippen molar-refractivity contribution < 1.29 is 37.3 Å². The van der Waals surface area contributed by atoms with Gasteiger partial charge in [0.25, 0.3) is 11.8 Å². The number of hydrogen-bond donors (Lipinski definition) is 2. The maximum atomic E-state index is 13.4. The van der Waals surface area contributed by atoms with E-state index in [1.807, 2.05) is 0 Å². The van der Waals surface area contributed by atoms with Crippen LogP contribution in [0.3, 0.4) is 0 Å². The number of nitrogens with one attached hydrogen (secondary N) is 2. The summed E-state index contributed by atoms with van der Waals surface area (Å²) in [4.78, 5) is 23.8. The van der Waals surface area contributed by atoms with Gasteiger partial charge in [0.05, 0.1) is 26.6 Å². The van der Waals surface area contributed by atoms with Gasteiger partial charge in [-0.05, 0) is 59.7 Å². The van der Waals surface area contributed by atoms with E-state index in [4.69, 9.17) is 18.9 Å². The Morgan fingerprint density at radius 2 is 1.11 bits per heavy atom. The van der Waals surface area contributed by atoms with Gasteiger partial charge in [-0.3, -0.25) is 9.59 Å². The second-order valence-electron chi connectivity index (χ2n) is 7.42. The van der Waals surface area contributed by atoms with Crippen LogP contribution in [-0.4, -0.2) is 51.7 Å². The van der Waals surface area contributed by atoms with Gasteiger partial charge >= 0.3 is 0 Å². The molecule has 0 aliphatic heterocycles. The van der Waals surface area contributed by atoms with Crippen LogP contribution in [0.1, 0.15) is 11.1 Å². The first-order chi connectivity index (χ1) is 18.4. The summed E-state index contributed by atoms with van der Waals surface area (Å²) >= 11 is 0. The first-order valence-corrected chi connectivity index (χ1v) is 11.0. The lowest BCUT2D eigenvalue weighted by Gasteiger charge is -2.08. The zero-order chi connectivity index (χ0) is 27.3. The molecule has 0 aliphatic rings. The molecule has 0 heterocycles. The number of carbonyl (C=O) groups excluding carboxylic acids is 2. The van der Waals surface area contributed by atoms with Crippen molar-refractivity contribution in [1.82, 2.24) is 10.9 Å². The molecule has 0 saturated heterocycles. The first-order valence-electron chi connectivity index (χ1n) is 11.0. The van der Waals surface area contributed by atoms with Crippen LogP contribution in [0.5, 0.6) is 23.0 Å². The summed E-state index contributed by atoms with van der Waals surface area (Å²) < 4.78 is 47.4. The van der Waals surface area contributed by atoms with Crippen molar-refractivity contribution >= 4 is 24.2 Å². The Hall–Kier alpha value is -5.00. The van der Waals surface area contributed by atoms with Gasteiger partial charge in [-0.2, -0.15) is 10.2 Å². The number of rotatable bonds is 12.